The van der Waals surface area contributed by atoms with Gasteiger partial charge in [-0.3, -0.25) is 0 Å². The first kappa shape index (κ1) is 4.37. The zero-order valence-corrected chi connectivity index (χ0v) is 4.80. The van der Waals surface area contributed by atoms with Gasteiger partial charge < -0.3 is 0 Å². The molecule has 0 amide bonds. The highest BCUT2D eigenvalue weighted by Gasteiger charge is 2.18. The Morgan fingerprint density at radius 1 is 1.38 bits per heavy atom. The first-order valence-corrected chi connectivity index (χ1v) is 3.16. The summed E-state index contributed by atoms with van der Waals surface area (Å²) in [6.45, 7) is 0. The molecule has 0 aromatic rings. The summed E-state index contributed by atoms with van der Waals surface area (Å²) < 4.78 is 0. The van der Waals surface area contributed by atoms with E-state index in [4.69, 9.17) is 0 Å². The van der Waals surface area contributed by atoms with Crippen molar-refractivity contribution in [2.45, 2.75) is 12.8 Å². The van der Waals surface area contributed by atoms with E-state index in [1.54, 1.807) is 0 Å². The zero-order valence-electron chi connectivity index (χ0n) is 4.80. The van der Waals surface area contributed by atoms with Crippen LogP contribution in [0, 0.1) is 11.8 Å². The summed E-state index contributed by atoms with van der Waals surface area (Å²) in [5.74, 6) is 2.37. The molecule has 8 heavy (non-hydrogen) atoms. The van der Waals surface area contributed by atoms with Crippen LogP contribution in [0.2, 0.25) is 0 Å². The molecule has 1 atom stereocenters. The van der Waals surface area contributed by atoms with Crippen molar-refractivity contribution < 1.29 is 0 Å². The Hall–Kier alpha value is -0.520. The van der Waals surface area contributed by atoms with E-state index in [1.807, 2.05) is 0 Å². The average Bonchev–Trinajstić information content (AvgIpc) is 2.12. The van der Waals surface area contributed by atoms with Gasteiger partial charge in [-0.2, -0.15) is 0 Å². The molecule has 0 nitrogen and oxygen atoms in total. The number of fused-ring (bicyclic) bond motifs is 2. The maximum Gasteiger partial charge on any atom is 0.0193 e. The Balaban J connectivity index is 2.28. The molecule has 0 aromatic carbocycles. The molecule has 1 radical (unpaired) electrons. The predicted molar refractivity (Wildman–Crippen MR) is 34.2 cm³/mol. The van der Waals surface area contributed by atoms with Gasteiger partial charge in [-0.05, 0) is 18.8 Å². The van der Waals surface area contributed by atoms with E-state index < -0.39 is 0 Å². The van der Waals surface area contributed by atoms with Gasteiger partial charge >= 0.3 is 0 Å². The Morgan fingerprint density at radius 3 is 3.12 bits per heavy atom. The molecule has 0 aliphatic heterocycles. The fourth-order valence-electron chi connectivity index (χ4n) is 1.38. The number of hydrogen-bond acceptors (Lipinski definition) is 0. The molecule has 1 unspecified atom stereocenters. The minimum atomic E-state index is 0.856. The molecule has 0 aromatic heterocycles. The first-order chi connectivity index (χ1) is 3.95. The second kappa shape index (κ2) is 1.48. The van der Waals surface area contributed by atoms with Gasteiger partial charge in [0, 0.05) is 5.92 Å². The van der Waals surface area contributed by atoms with Crippen molar-refractivity contribution in [3.63, 3.8) is 0 Å². The Morgan fingerprint density at radius 2 is 2.38 bits per heavy atom. The average molecular weight is 105 g/mol. The fraction of sp³-hybridized carbons (Fsp3) is 0.375. The number of allylic oxidation sites excluding steroid dienone is 4. The molecule has 2 aliphatic carbocycles. The van der Waals surface area contributed by atoms with Crippen molar-refractivity contribution in [2.24, 2.45) is 5.92 Å². The topological polar surface area (TPSA) is 0 Å². The largest absolute Gasteiger partial charge is 0.0870 e. The monoisotopic (exact) mass is 105 g/mol. The highest BCUT2D eigenvalue weighted by atomic mass is 14.2. The van der Waals surface area contributed by atoms with Crippen molar-refractivity contribution >= 4 is 0 Å². The van der Waals surface area contributed by atoms with Gasteiger partial charge in [0.15, 0.2) is 0 Å². The maximum absolute atomic E-state index is 2.31. The van der Waals surface area contributed by atoms with Gasteiger partial charge in [0.25, 0.3) is 0 Å². The standard InChI is InChI=1S/C8H9/c1-2-7-4-5-8(3-1)6-7/h1-2,4-5,8H,3,6H2. The summed E-state index contributed by atoms with van der Waals surface area (Å²) in [5.41, 5.74) is 0. The molecule has 41 valence electrons. The highest BCUT2D eigenvalue weighted by molar-refractivity contribution is 5.32. The van der Waals surface area contributed by atoms with E-state index in [0.717, 1.165) is 5.92 Å². The van der Waals surface area contributed by atoms with Crippen molar-refractivity contribution in [3.05, 3.63) is 30.2 Å². The van der Waals surface area contributed by atoms with Crippen LogP contribution in [-0.4, -0.2) is 0 Å². The molecule has 0 spiro atoms. The van der Waals surface area contributed by atoms with Crippen LogP contribution in [0.1, 0.15) is 12.8 Å². The number of hydrogen-bond donors (Lipinski definition) is 0. The van der Waals surface area contributed by atoms with Crippen LogP contribution in [0.5, 0.6) is 0 Å². The van der Waals surface area contributed by atoms with Gasteiger partial charge in [0.2, 0.25) is 0 Å². The third-order valence-corrected chi connectivity index (χ3v) is 1.85. The second-order valence-electron chi connectivity index (χ2n) is 2.54. The molecule has 0 heterocycles. The van der Waals surface area contributed by atoms with Crippen LogP contribution in [0.15, 0.2) is 24.3 Å². The smallest absolute Gasteiger partial charge is 0.0193 e. The molecule has 0 fully saturated rings. The van der Waals surface area contributed by atoms with Crippen LogP contribution in [0.4, 0.5) is 0 Å². The molecule has 2 aliphatic rings. The lowest BCUT2D eigenvalue weighted by Gasteiger charge is -2.10. The summed E-state index contributed by atoms with van der Waals surface area (Å²) in [6.07, 6.45) is 11.6. The van der Waals surface area contributed by atoms with Gasteiger partial charge in [-0.25, -0.2) is 0 Å². The predicted octanol–water partition coefficient (Wildman–Crippen LogP) is 2.10. The van der Waals surface area contributed by atoms with Crippen LogP contribution in [0.25, 0.3) is 0 Å². The maximum atomic E-state index is 2.31. The molecular formula is C8H9. The Labute approximate surface area is 49.9 Å². The Kier molecular flexibility index (Phi) is 0.806. The van der Waals surface area contributed by atoms with Gasteiger partial charge in [-0.15, -0.1) is 0 Å². The lowest BCUT2D eigenvalue weighted by molar-refractivity contribution is 0.650. The minimum absolute atomic E-state index is 0.856. The highest BCUT2D eigenvalue weighted by Crippen LogP contribution is 2.32. The third-order valence-electron chi connectivity index (χ3n) is 1.85. The molecule has 0 N–H and O–H groups in total. The lowest BCUT2D eigenvalue weighted by atomic mass is 9.94. The summed E-state index contributed by atoms with van der Waals surface area (Å²) >= 11 is 0. The van der Waals surface area contributed by atoms with E-state index in [1.165, 1.54) is 18.8 Å². The van der Waals surface area contributed by atoms with Crippen molar-refractivity contribution in [2.75, 3.05) is 0 Å². The molecule has 0 saturated heterocycles. The summed E-state index contributed by atoms with van der Waals surface area (Å²) in [5, 5.41) is 0. The van der Waals surface area contributed by atoms with Crippen molar-refractivity contribution in [3.8, 4) is 0 Å². The molecule has 2 rings (SSSR count). The number of rotatable bonds is 0. The molecular weight excluding hydrogens is 96.1 g/mol. The van der Waals surface area contributed by atoms with Crippen molar-refractivity contribution in [1.29, 1.82) is 0 Å². The van der Waals surface area contributed by atoms with Crippen LogP contribution in [0.3, 0.4) is 0 Å². The van der Waals surface area contributed by atoms with Gasteiger partial charge in [-0.1, -0.05) is 24.3 Å². The van der Waals surface area contributed by atoms with Crippen LogP contribution >= 0.6 is 0 Å². The first-order valence-electron chi connectivity index (χ1n) is 3.16. The Bertz CT molecular complexity index is 140. The summed E-state index contributed by atoms with van der Waals surface area (Å²) in [7, 11) is 0. The SMILES string of the molecule is C1=C[C]2C=CC(C1)C2. The summed E-state index contributed by atoms with van der Waals surface area (Å²) in [6, 6.07) is 0. The van der Waals surface area contributed by atoms with Crippen LogP contribution in [-0.2, 0) is 0 Å². The van der Waals surface area contributed by atoms with E-state index in [9.17, 15) is 0 Å². The fourth-order valence-corrected chi connectivity index (χ4v) is 1.38. The molecule has 0 saturated carbocycles. The van der Waals surface area contributed by atoms with E-state index in [2.05, 4.69) is 24.3 Å². The van der Waals surface area contributed by atoms with E-state index in [-0.39, 0.29) is 0 Å². The summed E-state index contributed by atoms with van der Waals surface area (Å²) in [4.78, 5) is 0. The lowest BCUT2D eigenvalue weighted by Crippen LogP contribution is -1.97. The quantitative estimate of drug-likeness (QED) is 0.442. The zero-order chi connectivity index (χ0) is 5.40. The normalized spacial score (nSPS) is 34.2. The van der Waals surface area contributed by atoms with Crippen LogP contribution < -0.4 is 0 Å². The molecule has 2 bridgehead atoms. The minimum Gasteiger partial charge on any atom is -0.0870 e. The molecule has 0 heteroatoms. The van der Waals surface area contributed by atoms with E-state index >= 15 is 0 Å². The van der Waals surface area contributed by atoms with Gasteiger partial charge in [0.1, 0.15) is 0 Å². The third kappa shape index (κ3) is 0.525. The van der Waals surface area contributed by atoms with Crippen molar-refractivity contribution in [1.82, 2.24) is 0 Å². The van der Waals surface area contributed by atoms with Gasteiger partial charge in [0.05, 0.1) is 0 Å². The second-order valence-corrected chi connectivity index (χ2v) is 2.54. The van der Waals surface area contributed by atoms with E-state index in [0.29, 0.717) is 0 Å².